The fourth-order valence-corrected chi connectivity index (χ4v) is 21.4. The molecule has 0 spiro atoms. The molecule has 5 aromatic heterocycles. The normalized spacial score (nSPS) is 12.6. The summed E-state index contributed by atoms with van der Waals surface area (Å²) < 4.78 is 68.2. The molecule has 10 nitrogen and oxygen atoms in total. The van der Waals surface area contributed by atoms with Crippen molar-refractivity contribution in [2.75, 3.05) is 0 Å². The lowest BCUT2D eigenvalue weighted by Gasteiger charge is -2.21. The van der Waals surface area contributed by atoms with Crippen LogP contribution in [0.3, 0.4) is 0 Å². The Labute approximate surface area is 872 Å². The second-order valence-electron chi connectivity index (χ2n) is 42.2. The summed E-state index contributed by atoms with van der Waals surface area (Å²) in [6, 6.07) is 118. The van der Waals surface area contributed by atoms with E-state index in [-0.39, 0.29) is 0 Å². The van der Waals surface area contributed by atoms with Gasteiger partial charge in [0.15, 0.2) is 55.2 Å². The predicted molar refractivity (Wildman–Crippen MR) is 614 cm³/mol. The number of imidazole rings is 5. The number of fused-ring (bicyclic) bond motifs is 5. The van der Waals surface area contributed by atoms with Gasteiger partial charge in [0.25, 0.3) is 29.1 Å². The average Bonchev–Trinajstić information content (AvgIpc) is 1.76. The molecule has 0 aliphatic rings. The highest BCUT2D eigenvalue weighted by atomic mass is 15.2. The quantitative estimate of drug-likeness (QED) is 0.0683. The second kappa shape index (κ2) is 44.1. The van der Waals surface area contributed by atoms with Crippen LogP contribution in [0.4, 0.5) is 0 Å². The maximum absolute atomic E-state index is 9.16. The Morgan fingerprint density at radius 3 is 0.641 bits per heavy atom. The largest absolute Gasteiger partial charge is 0.295 e. The zero-order valence-electron chi connectivity index (χ0n) is 96.6. The van der Waals surface area contributed by atoms with Gasteiger partial charge in [0.1, 0.15) is 28.4 Å². The van der Waals surface area contributed by atoms with Crippen LogP contribution in [0.15, 0.2) is 334 Å². The van der Waals surface area contributed by atoms with E-state index in [0.717, 1.165) is 89.6 Å². The van der Waals surface area contributed by atoms with Gasteiger partial charge in [0, 0.05) is 51.4 Å². The van der Waals surface area contributed by atoms with Gasteiger partial charge in [-0.1, -0.05) is 369 Å². The lowest BCUT2D eigenvalue weighted by atomic mass is 9.87. The molecular formula is C135H155N10+5. The number of hydrogen-bond donors (Lipinski definition) is 0. The summed E-state index contributed by atoms with van der Waals surface area (Å²) >= 11 is 0. The number of benzene rings is 15. The smallest absolute Gasteiger partial charge is 0.225 e. The van der Waals surface area contributed by atoms with Crippen molar-refractivity contribution in [3.63, 3.8) is 0 Å². The molecule has 0 radical (unpaired) electrons. The van der Waals surface area contributed by atoms with Crippen LogP contribution in [0.5, 0.6) is 0 Å². The maximum Gasteiger partial charge on any atom is 0.295 e. The van der Waals surface area contributed by atoms with E-state index in [1.54, 1.807) is 0 Å². The molecule has 0 fully saturated rings. The van der Waals surface area contributed by atoms with E-state index in [1.165, 1.54) is 134 Å². The predicted octanol–water partition coefficient (Wildman–Crippen LogP) is 33.4. The monoisotopic (exact) mass is 1920 g/mol. The highest BCUT2D eigenvalue weighted by Crippen LogP contribution is 2.46. The number of hydrogen-bond acceptors (Lipinski definition) is 0. The molecule has 0 saturated carbocycles. The molecule has 0 aliphatic heterocycles. The topological polar surface area (TPSA) is 44.0 Å². The molecule has 20 aromatic rings. The minimum absolute atomic E-state index is 0.428. The molecule has 0 amide bonds. The van der Waals surface area contributed by atoms with Crippen LogP contribution in [-0.4, -0.2) is 22.8 Å². The minimum atomic E-state index is -0.941. The third-order valence-corrected chi connectivity index (χ3v) is 29.2. The average molecular weight is 1920 g/mol. The van der Waals surface area contributed by atoms with Gasteiger partial charge in [-0.3, -0.25) is 0 Å². The van der Waals surface area contributed by atoms with E-state index in [4.69, 9.17) is 6.85 Å². The number of aromatic nitrogens is 10. The number of nitrogens with zero attached hydrogens (tertiary/aromatic N) is 10. The Balaban J connectivity index is 0.000000134. The van der Waals surface area contributed by atoms with Crippen LogP contribution < -0.4 is 22.8 Å². The molecule has 0 saturated heterocycles. The molecule has 20 rings (SSSR count). The van der Waals surface area contributed by atoms with E-state index >= 15 is 0 Å². The van der Waals surface area contributed by atoms with Gasteiger partial charge in [0.05, 0.1) is 63.1 Å². The Bertz CT molecular complexity index is 8250. The summed E-state index contributed by atoms with van der Waals surface area (Å²) in [4.78, 5) is 0. The molecule has 740 valence electrons. The molecule has 0 N–H and O–H groups in total. The van der Waals surface area contributed by atoms with Crippen molar-refractivity contribution >= 4 is 55.2 Å². The fourth-order valence-electron chi connectivity index (χ4n) is 21.4. The molecule has 5 heterocycles. The summed E-state index contributed by atoms with van der Waals surface area (Å²) in [5, 5.41) is 0. The maximum atomic E-state index is 9.16. The molecule has 0 aliphatic carbocycles. The van der Waals surface area contributed by atoms with Crippen LogP contribution in [0.1, 0.15) is 288 Å². The Hall–Kier alpha value is -14.4. The first kappa shape index (κ1) is 96.8. The Kier molecular flexibility index (Phi) is 29.4. The standard InChI is InChI=1S/2C30H37N2.2C27H31N2.C21H19N2/c2*1-19(2)23-17-25(20(3)4)29(26(18-23)21(5)6)32-28-16-12-11-15-27(28)31(8)30(32)24-14-10-9-13-22(24)7;2*1-18(2)21-14-11-15-22(19(3)4)26(21)29-25-17-10-9-16-24(25)28(6)27(29)23-13-8-7-12-20(23)5;1-16-10-6-7-13-18(16)21-22(2)19-14-8-9-15-20(19)23(21)17-11-4-3-5-12-17/h2*9-21H,1-8H3;2*7-19H,1-6H3;3-15H,1-2H3/q5*+1/i19D,20D,21D;;18D,19D;;. The summed E-state index contributed by atoms with van der Waals surface area (Å²) in [6.07, 6.45) is 0. The minimum Gasteiger partial charge on any atom is -0.225 e. The van der Waals surface area contributed by atoms with Crippen LogP contribution in [0.25, 0.3) is 141 Å². The van der Waals surface area contributed by atoms with Crippen LogP contribution in [-0.2, 0) is 35.2 Å². The van der Waals surface area contributed by atoms with Crippen molar-refractivity contribution in [3.8, 4) is 85.4 Å². The van der Waals surface area contributed by atoms with E-state index < -0.39 is 29.5 Å². The zero-order valence-corrected chi connectivity index (χ0v) is 91.6. The molecule has 10 heteroatoms. The number of aryl methyl sites for hydroxylation is 10. The van der Waals surface area contributed by atoms with Gasteiger partial charge in [-0.15, -0.1) is 0 Å². The third kappa shape index (κ3) is 20.2. The van der Waals surface area contributed by atoms with Crippen LogP contribution in [0.2, 0.25) is 0 Å². The van der Waals surface area contributed by atoms with Crippen molar-refractivity contribution in [3.05, 3.63) is 417 Å². The van der Waals surface area contributed by atoms with Gasteiger partial charge < -0.3 is 0 Å². The van der Waals surface area contributed by atoms with E-state index in [0.29, 0.717) is 29.6 Å². The lowest BCUT2D eigenvalue weighted by Crippen LogP contribution is -2.30. The van der Waals surface area contributed by atoms with Crippen molar-refractivity contribution < 1.29 is 29.7 Å². The van der Waals surface area contributed by atoms with Gasteiger partial charge in [-0.05, 0) is 236 Å². The molecule has 0 unspecified atom stereocenters. The number of rotatable bonds is 20. The first-order valence-electron chi connectivity index (χ1n) is 54.5. The summed E-state index contributed by atoms with van der Waals surface area (Å²) in [7, 11) is 10.7. The molecule has 15 aromatic carbocycles. The van der Waals surface area contributed by atoms with Gasteiger partial charge >= 0.3 is 0 Å². The molecular weight excluding hydrogens is 1760 g/mol. The highest BCUT2D eigenvalue weighted by Gasteiger charge is 2.39. The van der Waals surface area contributed by atoms with Crippen LogP contribution >= 0.6 is 0 Å². The summed E-state index contributed by atoms with van der Waals surface area (Å²) in [6.45, 7) is 52.9. The number of para-hydroxylation sites is 13. The van der Waals surface area contributed by atoms with E-state index in [2.05, 4.69) is 470 Å². The van der Waals surface area contributed by atoms with E-state index in [9.17, 15) is 0 Å². The summed E-state index contributed by atoms with van der Waals surface area (Å²) in [5.41, 5.74) is 41.1. The van der Waals surface area contributed by atoms with Crippen LogP contribution in [0, 0.1) is 34.6 Å². The van der Waals surface area contributed by atoms with Gasteiger partial charge in [-0.25, -0.2) is 22.8 Å². The Morgan fingerprint density at radius 1 is 0.186 bits per heavy atom. The van der Waals surface area contributed by atoms with Crippen molar-refractivity contribution in [2.24, 2.45) is 35.2 Å². The van der Waals surface area contributed by atoms with Gasteiger partial charge in [-0.2, -0.15) is 22.8 Å². The van der Waals surface area contributed by atoms with Crippen molar-refractivity contribution in [1.82, 2.24) is 22.8 Å². The lowest BCUT2D eigenvalue weighted by molar-refractivity contribution is -0.634. The first-order valence-corrected chi connectivity index (χ1v) is 52.0. The Morgan fingerprint density at radius 2 is 0.393 bits per heavy atom. The fraction of sp³-hybridized carbons (Fsp3) is 0.296. The molecule has 0 atom stereocenters. The zero-order chi connectivity index (χ0) is 108. The van der Waals surface area contributed by atoms with Crippen molar-refractivity contribution in [1.29, 1.82) is 0 Å². The van der Waals surface area contributed by atoms with E-state index in [1.807, 2.05) is 118 Å². The van der Waals surface area contributed by atoms with Gasteiger partial charge in [0.2, 0.25) is 0 Å². The SMILES string of the molecule is Cc1ccccc1-c1n(-c2c(C(C)C)cc(C(C)C)cc2C(C)C)c2ccccc2[n+]1C.Cc1ccccc1-c1n(-c2c(C(C)C)cccc2C(C)C)c2ccccc2[n+]1C.Cc1ccccc1-c1n(-c2ccccc2)c2ccccc2[n+]1C.[2H]C(C)(C)c1cc(C([2H])(C)C)c(-n2c(-c3ccccc3C)[n+](C)c3ccccc32)c(C([2H])(C)C)c1.[2H]C(C)(C)c1cccc(C([2H])(C)C)c1-n1c(-c2ccccc2C)[n+](C)c2ccccc21. The molecule has 145 heavy (non-hydrogen) atoms. The first-order chi connectivity index (χ1) is 71.0. The van der Waals surface area contributed by atoms with Crippen molar-refractivity contribution in [2.45, 2.75) is 232 Å². The third-order valence-electron chi connectivity index (χ3n) is 29.2. The highest BCUT2D eigenvalue weighted by molar-refractivity contribution is 5.87. The molecule has 0 bridgehead atoms. The second-order valence-corrected chi connectivity index (χ2v) is 42.2. The summed E-state index contributed by atoms with van der Waals surface area (Å²) in [5.74, 6) is 3.64.